The quantitative estimate of drug-likeness (QED) is 0.896. The first-order chi connectivity index (χ1) is 8.15. The highest BCUT2D eigenvalue weighted by Crippen LogP contribution is 2.22. The van der Waals surface area contributed by atoms with E-state index in [1.807, 2.05) is 0 Å². The summed E-state index contributed by atoms with van der Waals surface area (Å²) in [5.41, 5.74) is 2.43. The highest BCUT2D eigenvalue weighted by Gasteiger charge is 2.02. The predicted octanol–water partition coefficient (Wildman–Crippen LogP) is 4.31. The first-order valence-electron chi connectivity index (χ1n) is 5.25. The third kappa shape index (κ3) is 3.35. The average molecular weight is 267 g/mol. The van der Waals surface area contributed by atoms with Gasteiger partial charge in [0.15, 0.2) is 0 Å². The SMILES string of the molecule is Cc1ccc(CNc2ncc(Cl)cc2Cl)cc1. The minimum atomic E-state index is 0.532. The van der Waals surface area contributed by atoms with Crippen LogP contribution in [-0.2, 0) is 6.54 Å². The van der Waals surface area contributed by atoms with Crippen molar-refractivity contribution in [3.8, 4) is 0 Å². The van der Waals surface area contributed by atoms with Crippen molar-refractivity contribution >= 4 is 29.0 Å². The molecule has 88 valence electrons. The van der Waals surface area contributed by atoms with Crippen molar-refractivity contribution < 1.29 is 0 Å². The second-order valence-corrected chi connectivity index (χ2v) is 4.67. The van der Waals surface area contributed by atoms with E-state index in [0.717, 1.165) is 0 Å². The Hall–Kier alpha value is -1.25. The number of hydrogen-bond donors (Lipinski definition) is 1. The lowest BCUT2D eigenvalue weighted by atomic mass is 10.1. The number of anilines is 1. The molecule has 1 heterocycles. The van der Waals surface area contributed by atoms with Gasteiger partial charge in [-0.15, -0.1) is 0 Å². The minimum Gasteiger partial charge on any atom is -0.365 e. The van der Waals surface area contributed by atoms with Crippen molar-refractivity contribution in [3.05, 3.63) is 57.7 Å². The molecule has 0 aliphatic rings. The first kappa shape index (κ1) is 12.2. The van der Waals surface area contributed by atoms with E-state index in [9.17, 15) is 0 Å². The van der Waals surface area contributed by atoms with Crippen LogP contribution in [-0.4, -0.2) is 4.98 Å². The number of aromatic nitrogens is 1. The fourth-order valence-electron chi connectivity index (χ4n) is 1.44. The van der Waals surface area contributed by atoms with Crippen LogP contribution in [0.3, 0.4) is 0 Å². The largest absolute Gasteiger partial charge is 0.365 e. The topological polar surface area (TPSA) is 24.9 Å². The number of halogens is 2. The summed E-state index contributed by atoms with van der Waals surface area (Å²) in [5.74, 6) is 0.650. The third-order valence-corrected chi connectivity index (χ3v) is 2.88. The molecule has 2 nitrogen and oxygen atoms in total. The Morgan fingerprint density at radius 1 is 1.18 bits per heavy atom. The van der Waals surface area contributed by atoms with Crippen LogP contribution in [0.4, 0.5) is 5.82 Å². The summed E-state index contributed by atoms with van der Waals surface area (Å²) >= 11 is 11.8. The first-order valence-corrected chi connectivity index (χ1v) is 6.01. The van der Waals surface area contributed by atoms with Gasteiger partial charge >= 0.3 is 0 Å². The molecule has 1 aromatic heterocycles. The van der Waals surface area contributed by atoms with Crippen LogP contribution in [0.25, 0.3) is 0 Å². The molecule has 0 fully saturated rings. The van der Waals surface area contributed by atoms with E-state index in [0.29, 0.717) is 22.4 Å². The Kier molecular flexibility index (Phi) is 3.87. The molecular weight excluding hydrogens is 255 g/mol. The Balaban J connectivity index is 2.04. The molecule has 0 unspecified atom stereocenters. The molecule has 1 N–H and O–H groups in total. The smallest absolute Gasteiger partial charge is 0.145 e. The van der Waals surface area contributed by atoms with Crippen LogP contribution < -0.4 is 5.32 Å². The molecule has 0 saturated heterocycles. The molecule has 4 heteroatoms. The number of nitrogens with zero attached hydrogens (tertiary/aromatic N) is 1. The summed E-state index contributed by atoms with van der Waals surface area (Å²) in [7, 11) is 0. The van der Waals surface area contributed by atoms with Crippen molar-refractivity contribution in [2.45, 2.75) is 13.5 Å². The average Bonchev–Trinajstić information content (AvgIpc) is 2.30. The van der Waals surface area contributed by atoms with E-state index in [1.54, 1.807) is 12.3 Å². The van der Waals surface area contributed by atoms with E-state index < -0.39 is 0 Å². The number of hydrogen-bond acceptors (Lipinski definition) is 2. The summed E-state index contributed by atoms with van der Waals surface area (Å²) in [4.78, 5) is 4.14. The summed E-state index contributed by atoms with van der Waals surface area (Å²) < 4.78 is 0. The van der Waals surface area contributed by atoms with Crippen LogP contribution in [0.5, 0.6) is 0 Å². The van der Waals surface area contributed by atoms with Gasteiger partial charge in [0.1, 0.15) is 5.82 Å². The van der Waals surface area contributed by atoms with Crippen molar-refractivity contribution in [1.29, 1.82) is 0 Å². The fourth-order valence-corrected chi connectivity index (χ4v) is 1.88. The molecule has 0 aliphatic heterocycles. The normalized spacial score (nSPS) is 10.3. The van der Waals surface area contributed by atoms with Crippen molar-refractivity contribution in [1.82, 2.24) is 4.98 Å². The Bertz CT molecular complexity index is 509. The molecule has 2 aromatic rings. The summed E-state index contributed by atoms with van der Waals surface area (Å²) in [6, 6.07) is 9.98. The molecule has 0 amide bonds. The second kappa shape index (κ2) is 5.39. The lowest BCUT2D eigenvalue weighted by molar-refractivity contribution is 1.11. The molecule has 0 saturated carbocycles. The van der Waals surface area contributed by atoms with Gasteiger partial charge in [-0.1, -0.05) is 53.0 Å². The highest BCUT2D eigenvalue weighted by atomic mass is 35.5. The van der Waals surface area contributed by atoms with Crippen molar-refractivity contribution in [2.75, 3.05) is 5.32 Å². The van der Waals surface area contributed by atoms with E-state index in [2.05, 4.69) is 41.5 Å². The lowest BCUT2D eigenvalue weighted by Crippen LogP contribution is -2.01. The maximum Gasteiger partial charge on any atom is 0.145 e. The fraction of sp³-hybridized carbons (Fsp3) is 0.154. The summed E-state index contributed by atoms with van der Waals surface area (Å²) in [5, 5.41) is 4.24. The van der Waals surface area contributed by atoms with Gasteiger partial charge in [-0.3, -0.25) is 0 Å². The number of rotatable bonds is 3. The van der Waals surface area contributed by atoms with Gasteiger partial charge in [-0.05, 0) is 18.6 Å². The molecule has 0 radical (unpaired) electrons. The zero-order chi connectivity index (χ0) is 12.3. The molecule has 1 aromatic carbocycles. The van der Waals surface area contributed by atoms with Gasteiger partial charge in [0.25, 0.3) is 0 Å². The maximum atomic E-state index is 6.01. The molecule has 0 spiro atoms. The molecular formula is C13H12Cl2N2. The van der Waals surface area contributed by atoms with E-state index in [1.165, 1.54) is 11.1 Å². The number of benzene rings is 1. The van der Waals surface area contributed by atoms with Crippen LogP contribution in [0, 0.1) is 6.92 Å². The third-order valence-electron chi connectivity index (χ3n) is 2.39. The van der Waals surface area contributed by atoms with Crippen LogP contribution in [0.15, 0.2) is 36.5 Å². The Morgan fingerprint density at radius 2 is 1.88 bits per heavy atom. The maximum absolute atomic E-state index is 6.01. The van der Waals surface area contributed by atoms with Crippen molar-refractivity contribution in [3.63, 3.8) is 0 Å². The Labute approximate surface area is 111 Å². The van der Waals surface area contributed by atoms with Gasteiger partial charge in [-0.2, -0.15) is 0 Å². The van der Waals surface area contributed by atoms with E-state index in [-0.39, 0.29) is 0 Å². The number of nitrogens with one attached hydrogen (secondary N) is 1. The van der Waals surface area contributed by atoms with Crippen LogP contribution in [0.2, 0.25) is 10.0 Å². The van der Waals surface area contributed by atoms with E-state index in [4.69, 9.17) is 23.2 Å². The summed E-state index contributed by atoms with van der Waals surface area (Å²) in [6.45, 7) is 2.75. The second-order valence-electron chi connectivity index (χ2n) is 3.82. The van der Waals surface area contributed by atoms with E-state index >= 15 is 0 Å². The van der Waals surface area contributed by atoms with Gasteiger partial charge in [0, 0.05) is 12.7 Å². The minimum absolute atomic E-state index is 0.532. The highest BCUT2D eigenvalue weighted by molar-refractivity contribution is 6.35. The van der Waals surface area contributed by atoms with Crippen LogP contribution >= 0.6 is 23.2 Å². The van der Waals surface area contributed by atoms with Gasteiger partial charge in [-0.25, -0.2) is 4.98 Å². The van der Waals surface area contributed by atoms with Gasteiger partial charge in [0.2, 0.25) is 0 Å². The molecule has 2 rings (SSSR count). The van der Waals surface area contributed by atoms with Gasteiger partial charge in [0.05, 0.1) is 10.0 Å². The van der Waals surface area contributed by atoms with Crippen molar-refractivity contribution in [2.24, 2.45) is 0 Å². The summed E-state index contributed by atoms with van der Waals surface area (Å²) in [6.07, 6.45) is 1.57. The standard InChI is InChI=1S/C13H12Cl2N2/c1-9-2-4-10(5-3-9)7-16-13-12(15)6-11(14)8-17-13/h2-6,8H,7H2,1H3,(H,16,17). The lowest BCUT2D eigenvalue weighted by Gasteiger charge is -2.07. The number of pyridine rings is 1. The number of aryl methyl sites for hydroxylation is 1. The monoisotopic (exact) mass is 266 g/mol. The molecule has 0 bridgehead atoms. The molecule has 0 aliphatic carbocycles. The van der Waals surface area contributed by atoms with Gasteiger partial charge < -0.3 is 5.32 Å². The zero-order valence-electron chi connectivity index (χ0n) is 9.37. The molecule has 0 atom stereocenters. The zero-order valence-corrected chi connectivity index (χ0v) is 10.9. The Morgan fingerprint density at radius 3 is 2.53 bits per heavy atom. The van der Waals surface area contributed by atoms with Crippen LogP contribution in [0.1, 0.15) is 11.1 Å². The predicted molar refractivity (Wildman–Crippen MR) is 72.8 cm³/mol. The molecule has 17 heavy (non-hydrogen) atoms.